The zero-order valence-electron chi connectivity index (χ0n) is 26.4. The standard InChI is InChI=1S/C36H40BrN3O5S/c1-4-5-21-38-36(42)34(23-28-11-7-6-8-12-28)39(25-29-13-9-14-30(37)22-29)35(41)26-40(31-15-10-16-32(24-31)45-3)46(43,44)33-19-17-27(2)18-20-33/h6-20,22,24,34H,4-5,21,23,25-26H2,1-3H3,(H,38,42)/t34-/m0/s1. The molecule has 4 aromatic rings. The van der Waals surface area contributed by atoms with Crippen molar-refractivity contribution in [3.63, 3.8) is 0 Å². The van der Waals surface area contributed by atoms with Crippen molar-refractivity contribution >= 4 is 43.5 Å². The molecule has 0 aromatic heterocycles. The van der Waals surface area contributed by atoms with Gasteiger partial charge in [0.2, 0.25) is 11.8 Å². The summed E-state index contributed by atoms with van der Waals surface area (Å²) in [5, 5.41) is 3.01. The predicted octanol–water partition coefficient (Wildman–Crippen LogP) is 6.52. The average molecular weight is 707 g/mol. The van der Waals surface area contributed by atoms with Gasteiger partial charge in [0.15, 0.2) is 0 Å². The van der Waals surface area contributed by atoms with E-state index in [2.05, 4.69) is 21.2 Å². The van der Waals surface area contributed by atoms with E-state index in [0.717, 1.165) is 38.3 Å². The molecule has 0 unspecified atom stereocenters. The van der Waals surface area contributed by atoms with E-state index in [-0.39, 0.29) is 29.5 Å². The second-order valence-corrected chi connectivity index (χ2v) is 13.8. The van der Waals surface area contributed by atoms with Crippen LogP contribution in [0.2, 0.25) is 0 Å². The van der Waals surface area contributed by atoms with Gasteiger partial charge in [0.1, 0.15) is 18.3 Å². The summed E-state index contributed by atoms with van der Waals surface area (Å²) in [7, 11) is -2.71. The lowest BCUT2D eigenvalue weighted by atomic mass is 10.0. The van der Waals surface area contributed by atoms with E-state index in [1.807, 2.05) is 68.4 Å². The number of methoxy groups -OCH3 is 1. The van der Waals surface area contributed by atoms with Crippen LogP contribution in [0.15, 0.2) is 112 Å². The third-order valence-electron chi connectivity index (χ3n) is 7.57. The van der Waals surface area contributed by atoms with Crippen LogP contribution < -0.4 is 14.4 Å². The number of ether oxygens (including phenoxy) is 1. The number of nitrogens with zero attached hydrogens (tertiary/aromatic N) is 2. The van der Waals surface area contributed by atoms with E-state index in [9.17, 15) is 18.0 Å². The minimum absolute atomic E-state index is 0.0467. The van der Waals surface area contributed by atoms with Gasteiger partial charge in [-0.1, -0.05) is 95.5 Å². The van der Waals surface area contributed by atoms with Gasteiger partial charge in [-0.25, -0.2) is 8.42 Å². The number of carbonyl (C=O) groups excluding carboxylic acids is 2. The van der Waals surface area contributed by atoms with Crippen LogP contribution in [0.25, 0.3) is 0 Å². The number of aryl methyl sites for hydroxylation is 1. The first kappa shape index (κ1) is 34.7. The van der Waals surface area contributed by atoms with Gasteiger partial charge in [-0.3, -0.25) is 13.9 Å². The molecule has 1 N–H and O–H groups in total. The van der Waals surface area contributed by atoms with Gasteiger partial charge in [0.25, 0.3) is 10.0 Å². The van der Waals surface area contributed by atoms with E-state index in [1.54, 1.807) is 36.4 Å². The van der Waals surface area contributed by atoms with Crippen molar-refractivity contribution in [2.45, 2.75) is 50.6 Å². The molecule has 0 saturated heterocycles. The molecular formula is C36H40BrN3O5S. The Morgan fingerprint density at radius 1 is 0.891 bits per heavy atom. The Morgan fingerprint density at radius 2 is 1.59 bits per heavy atom. The Bertz CT molecular complexity index is 1720. The number of rotatable bonds is 15. The minimum atomic E-state index is -4.20. The quantitative estimate of drug-likeness (QED) is 0.142. The molecule has 0 bridgehead atoms. The molecule has 0 aliphatic carbocycles. The highest BCUT2D eigenvalue weighted by Crippen LogP contribution is 2.28. The number of benzene rings is 4. The summed E-state index contributed by atoms with van der Waals surface area (Å²) in [6.45, 7) is 3.94. The highest BCUT2D eigenvalue weighted by molar-refractivity contribution is 9.10. The SMILES string of the molecule is CCCCNC(=O)[C@H](Cc1ccccc1)N(Cc1cccc(Br)c1)C(=O)CN(c1cccc(OC)c1)S(=O)(=O)c1ccc(C)cc1. The molecule has 2 amide bonds. The molecule has 4 aromatic carbocycles. The lowest BCUT2D eigenvalue weighted by molar-refractivity contribution is -0.140. The number of unbranched alkanes of at least 4 members (excludes halogenated alkanes) is 1. The molecule has 0 aliphatic rings. The molecule has 242 valence electrons. The van der Waals surface area contributed by atoms with Gasteiger partial charge in [-0.15, -0.1) is 0 Å². The summed E-state index contributed by atoms with van der Waals surface area (Å²) in [5.41, 5.74) is 2.84. The summed E-state index contributed by atoms with van der Waals surface area (Å²) < 4.78 is 35.7. The summed E-state index contributed by atoms with van der Waals surface area (Å²) in [5.74, 6) is -0.377. The number of halogens is 1. The number of hydrogen-bond acceptors (Lipinski definition) is 5. The number of hydrogen-bond donors (Lipinski definition) is 1. The molecule has 10 heteroatoms. The first-order valence-corrected chi connectivity index (χ1v) is 17.4. The molecular weight excluding hydrogens is 666 g/mol. The Kier molecular flexibility index (Phi) is 12.4. The Balaban J connectivity index is 1.80. The van der Waals surface area contributed by atoms with E-state index in [4.69, 9.17) is 4.74 Å². The maximum absolute atomic E-state index is 14.6. The smallest absolute Gasteiger partial charge is 0.264 e. The number of nitrogens with one attached hydrogen (secondary N) is 1. The van der Waals surface area contributed by atoms with Crippen LogP contribution in [0.3, 0.4) is 0 Å². The molecule has 1 atom stereocenters. The number of sulfonamides is 1. The minimum Gasteiger partial charge on any atom is -0.497 e. The summed E-state index contributed by atoms with van der Waals surface area (Å²) >= 11 is 3.51. The van der Waals surface area contributed by atoms with Crippen LogP contribution in [0, 0.1) is 6.92 Å². The van der Waals surface area contributed by atoms with Crippen molar-refractivity contribution in [2.24, 2.45) is 0 Å². The molecule has 0 heterocycles. The van der Waals surface area contributed by atoms with Crippen LogP contribution in [0.4, 0.5) is 5.69 Å². The third-order valence-corrected chi connectivity index (χ3v) is 9.85. The second kappa shape index (κ2) is 16.4. The van der Waals surface area contributed by atoms with Crippen molar-refractivity contribution in [1.29, 1.82) is 0 Å². The summed E-state index contributed by atoms with van der Waals surface area (Å²) in [6.07, 6.45) is 1.95. The number of amides is 2. The van der Waals surface area contributed by atoms with Gasteiger partial charge in [-0.05, 0) is 60.9 Å². The summed E-state index contributed by atoms with van der Waals surface area (Å²) in [4.78, 5) is 30.0. The van der Waals surface area contributed by atoms with E-state index in [1.165, 1.54) is 24.1 Å². The molecule has 0 fully saturated rings. The largest absolute Gasteiger partial charge is 0.497 e. The molecule has 46 heavy (non-hydrogen) atoms. The monoisotopic (exact) mass is 705 g/mol. The topological polar surface area (TPSA) is 96.0 Å². The van der Waals surface area contributed by atoms with Gasteiger partial charge in [0, 0.05) is 30.0 Å². The Morgan fingerprint density at radius 3 is 2.26 bits per heavy atom. The highest BCUT2D eigenvalue weighted by atomic mass is 79.9. The first-order chi connectivity index (χ1) is 22.1. The van der Waals surface area contributed by atoms with Gasteiger partial charge in [-0.2, -0.15) is 0 Å². The van der Waals surface area contributed by atoms with Crippen molar-refractivity contribution in [3.05, 3.63) is 124 Å². The fourth-order valence-electron chi connectivity index (χ4n) is 5.02. The third kappa shape index (κ3) is 9.20. The van der Waals surface area contributed by atoms with Crippen LogP contribution in [-0.4, -0.2) is 51.4 Å². The van der Waals surface area contributed by atoms with Crippen LogP contribution in [0.1, 0.15) is 36.5 Å². The zero-order valence-corrected chi connectivity index (χ0v) is 28.8. The van der Waals surface area contributed by atoms with Crippen molar-refractivity contribution in [1.82, 2.24) is 10.2 Å². The maximum atomic E-state index is 14.6. The maximum Gasteiger partial charge on any atom is 0.264 e. The van der Waals surface area contributed by atoms with Gasteiger partial charge < -0.3 is 15.0 Å². The molecule has 0 aliphatic heterocycles. The van der Waals surface area contributed by atoms with Crippen molar-refractivity contribution < 1.29 is 22.7 Å². The van der Waals surface area contributed by atoms with Crippen LogP contribution in [-0.2, 0) is 32.6 Å². The summed E-state index contributed by atoms with van der Waals surface area (Å²) in [6, 6.07) is 29.2. The highest BCUT2D eigenvalue weighted by Gasteiger charge is 2.34. The lowest BCUT2D eigenvalue weighted by Crippen LogP contribution is -2.53. The second-order valence-electron chi connectivity index (χ2n) is 11.0. The van der Waals surface area contributed by atoms with E-state index >= 15 is 0 Å². The number of carbonyl (C=O) groups is 2. The fraction of sp³-hybridized carbons (Fsp3) is 0.278. The molecule has 0 saturated carbocycles. The van der Waals surface area contributed by atoms with E-state index in [0.29, 0.717) is 12.3 Å². The first-order valence-electron chi connectivity index (χ1n) is 15.2. The Labute approximate surface area is 280 Å². The number of anilines is 1. The average Bonchev–Trinajstić information content (AvgIpc) is 3.05. The Hall–Kier alpha value is -4.15. The van der Waals surface area contributed by atoms with Crippen molar-refractivity contribution in [2.75, 3.05) is 24.5 Å². The molecule has 0 radical (unpaired) electrons. The van der Waals surface area contributed by atoms with Crippen molar-refractivity contribution in [3.8, 4) is 5.75 Å². The lowest BCUT2D eigenvalue weighted by Gasteiger charge is -2.34. The van der Waals surface area contributed by atoms with E-state index < -0.39 is 28.5 Å². The fourth-order valence-corrected chi connectivity index (χ4v) is 6.88. The van der Waals surface area contributed by atoms with Gasteiger partial charge >= 0.3 is 0 Å². The molecule has 8 nitrogen and oxygen atoms in total. The zero-order chi connectivity index (χ0) is 33.1. The van der Waals surface area contributed by atoms with Crippen LogP contribution in [0.5, 0.6) is 5.75 Å². The van der Waals surface area contributed by atoms with Gasteiger partial charge in [0.05, 0.1) is 17.7 Å². The normalized spacial score (nSPS) is 11.8. The predicted molar refractivity (Wildman–Crippen MR) is 185 cm³/mol. The molecule has 4 rings (SSSR count). The van der Waals surface area contributed by atoms with Crippen LogP contribution >= 0.6 is 15.9 Å². The molecule has 0 spiro atoms.